The van der Waals surface area contributed by atoms with E-state index < -0.39 is 0 Å². The lowest BCUT2D eigenvalue weighted by molar-refractivity contribution is -0.119. The van der Waals surface area contributed by atoms with Crippen LogP contribution in [0.4, 0.5) is 0 Å². The highest BCUT2D eigenvalue weighted by Gasteiger charge is 2.44. The summed E-state index contributed by atoms with van der Waals surface area (Å²) in [6.45, 7) is 0.793. The number of nitrogens with one attached hydrogen (secondary N) is 1. The Kier molecular flexibility index (Phi) is 2.21. The second-order valence-electron chi connectivity index (χ2n) is 4.73. The molecule has 2 atom stereocenters. The first-order chi connectivity index (χ1) is 6.60. The summed E-state index contributed by atoms with van der Waals surface area (Å²) >= 11 is 0. The Morgan fingerprint density at radius 2 is 2.43 bits per heavy atom. The highest BCUT2D eigenvalue weighted by molar-refractivity contribution is 5.79. The van der Waals surface area contributed by atoms with Gasteiger partial charge >= 0.3 is 0 Å². The maximum Gasteiger partial charge on any atom is 0.220 e. The molecule has 1 saturated heterocycles. The SMILES string of the molecule is NC(=O)CC1CCC2(CNC(=O)C2)C1. The average Bonchev–Trinajstić information content (AvgIpc) is 2.60. The number of nitrogens with two attached hydrogens (primary N) is 1. The van der Waals surface area contributed by atoms with E-state index in [1.54, 1.807) is 0 Å². The molecule has 4 nitrogen and oxygen atoms in total. The van der Waals surface area contributed by atoms with Gasteiger partial charge in [0.15, 0.2) is 0 Å². The van der Waals surface area contributed by atoms with Crippen molar-refractivity contribution >= 4 is 11.8 Å². The van der Waals surface area contributed by atoms with Gasteiger partial charge in [-0.3, -0.25) is 9.59 Å². The fourth-order valence-corrected chi connectivity index (χ4v) is 2.86. The van der Waals surface area contributed by atoms with Crippen molar-refractivity contribution in [3.8, 4) is 0 Å². The molecule has 0 bridgehead atoms. The van der Waals surface area contributed by atoms with Gasteiger partial charge in [-0.25, -0.2) is 0 Å². The molecule has 2 fully saturated rings. The molecule has 2 unspecified atom stereocenters. The molecule has 1 saturated carbocycles. The monoisotopic (exact) mass is 196 g/mol. The van der Waals surface area contributed by atoms with Gasteiger partial charge < -0.3 is 11.1 Å². The molecule has 1 spiro atoms. The Labute approximate surface area is 83.2 Å². The van der Waals surface area contributed by atoms with E-state index in [1.165, 1.54) is 0 Å². The summed E-state index contributed by atoms with van der Waals surface area (Å²) in [4.78, 5) is 21.9. The number of hydrogen-bond acceptors (Lipinski definition) is 2. The van der Waals surface area contributed by atoms with Crippen molar-refractivity contribution in [3.63, 3.8) is 0 Å². The fourth-order valence-electron chi connectivity index (χ4n) is 2.86. The molecule has 2 amide bonds. The van der Waals surface area contributed by atoms with Crippen LogP contribution in [-0.2, 0) is 9.59 Å². The number of rotatable bonds is 2. The van der Waals surface area contributed by atoms with Crippen LogP contribution < -0.4 is 11.1 Å². The van der Waals surface area contributed by atoms with Crippen LogP contribution in [0.3, 0.4) is 0 Å². The normalized spacial score (nSPS) is 36.3. The molecule has 1 aliphatic carbocycles. The van der Waals surface area contributed by atoms with Crippen LogP contribution in [0.25, 0.3) is 0 Å². The number of carbonyl (C=O) groups is 2. The second kappa shape index (κ2) is 3.26. The number of carbonyl (C=O) groups excluding carboxylic acids is 2. The van der Waals surface area contributed by atoms with E-state index in [0.717, 1.165) is 25.8 Å². The lowest BCUT2D eigenvalue weighted by atomic mass is 9.84. The summed E-state index contributed by atoms with van der Waals surface area (Å²) in [5, 5.41) is 2.87. The molecule has 0 aromatic carbocycles. The molecule has 78 valence electrons. The maximum absolute atomic E-state index is 11.1. The van der Waals surface area contributed by atoms with Crippen molar-refractivity contribution in [2.75, 3.05) is 6.54 Å². The van der Waals surface area contributed by atoms with Crippen molar-refractivity contribution in [2.45, 2.75) is 32.1 Å². The van der Waals surface area contributed by atoms with E-state index in [1.807, 2.05) is 0 Å². The van der Waals surface area contributed by atoms with Gasteiger partial charge in [-0.05, 0) is 30.6 Å². The van der Waals surface area contributed by atoms with Gasteiger partial charge in [-0.1, -0.05) is 0 Å². The van der Waals surface area contributed by atoms with Crippen LogP contribution in [0, 0.1) is 11.3 Å². The number of hydrogen-bond donors (Lipinski definition) is 2. The van der Waals surface area contributed by atoms with Crippen LogP contribution in [0.1, 0.15) is 32.1 Å². The zero-order valence-corrected chi connectivity index (χ0v) is 8.21. The zero-order chi connectivity index (χ0) is 10.2. The Morgan fingerprint density at radius 3 is 3.00 bits per heavy atom. The molecular formula is C10H16N2O2. The van der Waals surface area contributed by atoms with Crippen molar-refractivity contribution in [3.05, 3.63) is 0 Å². The summed E-state index contributed by atoms with van der Waals surface area (Å²) in [7, 11) is 0. The Balaban J connectivity index is 1.94. The first-order valence-electron chi connectivity index (χ1n) is 5.15. The highest BCUT2D eigenvalue weighted by atomic mass is 16.2. The Hall–Kier alpha value is -1.06. The molecule has 2 rings (SSSR count). The van der Waals surface area contributed by atoms with Gasteiger partial charge in [-0.15, -0.1) is 0 Å². The minimum absolute atomic E-state index is 0.150. The average molecular weight is 196 g/mol. The molecule has 1 aliphatic heterocycles. The molecule has 2 aliphatic rings. The number of amides is 2. The predicted octanol–water partition coefficient (Wildman–Crippen LogP) is 0.168. The first kappa shape index (κ1) is 9.49. The van der Waals surface area contributed by atoms with Gasteiger partial charge in [0.25, 0.3) is 0 Å². The topological polar surface area (TPSA) is 72.2 Å². The fraction of sp³-hybridized carbons (Fsp3) is 0.800. The smallest absolute Gasteiger partial charge is 0.220 e. The third-order valence-corrected chi connectivity index (χ3v) is 3.49. The van der Waals surface area contributed by atoms with Gasteiger partial charge in [0, 0.05) is 19.4 Å². The van der Waals surface area contributed by atoms with Crippen molar-refractivity contribution in [1.82, 2.24) is 5.32 Å². The highest BCUT2D eigenvalue weighted by Crippen LogP contribution is 2.47. The van der Waals surface area contributed by atoms with E-state index in [0.29, 0.717) is 18.8 Å². The molecule has 4 heteroatoms. The Morgan fingerprint density at radius 1 is 1.64 bits per heavy atom. The van der Waals surface area contributed by atoms with Gasteiger partial charge in [0.1, 0.15) is 0 Å². The van der Waals surface area contributed by atoms with E-state index >= 15 is 0 Å². The zero-order valence-electron chi connectivity index (χ0n) is 8.21. The largest absolute Gasteiger partial charge is 0.370 e. The van der Waals surface area contributed by atoms with Crippen LogP contribution in [-0.4, -0.2) is 18.4 Å². The van der Waals surface area contributed by atoms with Gasteiger partial charge in [0.2, 0.25) is 11.8 Å². The van der Waals surface area contributed by atoms with Gasteiger partial charge in [-0.2, -0.15) is 0 Å². The van der Waals surface area contributed by atoms with Crippen molar-refractivity contribution in [1.29, 1.82) is 0 Å². The van der Waals surface area contributed by atoms with E-state index in [4.69, 9.17) is 5.73 Å². The van der Waals surface area contributed by atoms with E-state index in [-0.39, 0.29) is 17.2 Å². The van der Waals surface area contributed by atoms with Crippen LogP contribution in [0.5, 0.6) is 0 Å². The second-order valence-corrected chi connectivity index (χ2v) is 4.73. The molecule has 0 radical (unpaired) electrons. The summed E-state index contributed by atoms with van der Waals surface area (Å²) in [5.74, 6) is 0.342. The van der Waals surface area contributed by atoms with Crippen molar-refractivity contribution < 1.29 is 9.59 Å². The van der Waals surface area contributed by atoms with Crippen molar-refractivity contribution in [2.24, 2.45) is 17.1 Å². The third kappa shape index (κ3) is 1.74. The van der Waals surface area contributed by atoms with E-state index in [9.17, 15) is 9.59 Å². The molecular weight excluding hydrogens is 180 g/mol. The molecule has 1 heterocycles. The lowest BCUT2D eigenvalue weighted by Gasteiger charge is -2.19. The minimum Gasteiger partial charge on any atom is -0.370 e. The quantitative estimate of drug-likeness (QED) is 0.660. The molecule has 14 heavy (non-hydrogen) atoms. The van der Waals surface area contributed by atoms with Crippen LogP contribution in [0.2, 0.25) is 0 Å². The molecule has 0 aromatic heterocycles. The summed E-state index contributed by atoms with van der Waals surface area (Å²) in [6.07, 6.45) is 4.20. The minimum atomic E-state index is -0.218. The standard InChI is InChI=1S/C10H16N2O2/c11-8(13)3-7-1-2-10(4-7)5-9(14)12-6-10/h7H,1-6H2,(H2,11,13)(H,12,14). The molecule has 3 N–H and O–H groups in total. The summed E-state index contributed by atoms with van der Waals surface area (Å²) in [6, 6.07) is 0. The summed E-state index contributed by atoms with van der Waals surface area (Å²) in [5.41, 5.74) is 5.32. The Bertz CT molecular complexity index is 277. The lowest BCUT2D eigenvalue weighted by Crippen LogP contribution is -2.22. The third-order valence-electron chi connectivity index (χ3n) is 3.49. The summed E-state index contributed by atoms with van der Waals surface area (Å²) < 4.78 is 0. The predicted molar refractivity (Wildman–Crippen MR) is 51.2 cm³/mol. The molecule has 0 aromatic rings. The van der Waals surface area contributed by atoms with Crippen LogP contribution >= 0.6 is 0 Å². The number of primary amides is 1. The van der Waals surface area contributed by atoms with Gasteiger partial charge in [0.05, 0.1) is 0 Å². The maximum atomic E-state index is 11.1. The van der Waals surface area contributed by atoms with Crippen LogP contribution in [0.15, 0.2) is 0 Å². The van der Waals surface area contributed by atoms with E-state index in [2.05, 4.69) is 5.32 Å². The first-order valence-corrected chi connectivity index (χ1v) is 5.15.